The molecule has 3 saturated carbocycles. The van der Waals surface area contributed by atoms with Crippen LogP contribution in [-0.2, 0) is 23.7 Å². The van der Waals surface area contributed by atoms with Gasteiger partial charge in [0.15, 0.2) is 12.6 Å². The van der Waals surface area contributed by atoms with Crippen LogP contribution in [0.2, 0.25) is 0 Å². The summed E-state index contributed by atoms with van der Waals surface area (Å²) >= 11 is 0. The normalized spacial score (nSPS) is 52.2. The van der Waals surface area contributed by atoms with Crippen molar-refractivity contribution in [2.24, 2.45) is 40.4 Å². The van der Waals surface area contributed by atoms with Crippen molar-refractivity contribution in [2.75, 3.05) is 13.2 Å². The largest absolute Gasteiger partial charge is 0.494 e. The van der Waals surface area contributed by atoms with Gasteiger partial charge in [-0.05, 0) is 87.0 Å². The number of rotatable bonds is 9. The summed E-state index contributed by atoms with van der Waals surface area (Å²) in [5.74, 6) is 2.63. The van der Waals surface area contributed by atoms with E-state index in [0.717, 1.165) is 44.3 Å². The van der Waals surface area contributed by atoms with Crippen molar-refractivity contribution in [1.29, 1.82) is 0 Å². The molecule has 0 aromatic rings. The minimum Gasteiger partial charge on any atom is -0.494 e. The molecule has 7 rings (SSSR count). The lowest BCUT2D eigenvalue weighted by atomic mass is 9.46. The Morgan fingerprint density at radius 1 is 0.904 bits per heavy atom. The summed E-state index contributed by atoms with van der Waals surface area (Å²) in [7, 11) is 0. The quantitative estimate of drug-likeness (QED) is 0.157. The number of aliphatic hydroxyl groups excluding tert-OH is 8. The van der Waals surface area contributed by atoms with E-state index in [0.29, 0.717) is 36.5 Å². The topological polar surface area (TPSA) is 208 Å². The molecular formula is C39H62O13. The van der Waals surface area contributed by atoms with Gasteiger partial charge in [-0.1, -0.05) is 32.4 Å². The maximum absolute atomic E-state index is 11.0. The summed E-state index contributed by atoms with van der Waals surface area (Å²) in [5, 5.41) is 82.5. The van der Waals surface area contributed by atoms with Gasteiger partial charge in [-0.25, -0.2) is 0 Å². The molecule has 0 radical (unpaired) electrons. The molecule has 7 aliphatic rings. The van der Waals surface area contributed by atoms with Crippen LogP contribution in [0, 0.1) is 40.4 Å². The van der Waals surface area contributed by atoms with E-state index in [-0.39, 0.29) is 29.5 Å². The van der Waals surface area contributed by atoms with Gasteiger partial charge in [0, 0.05) is 24.2 Å². The third-order valence-corrected chi connectivity index (χ3v) is 14.7. The highest BCUT2D eigenvalue weighted by molar-refractivity contribution is 5.31. The third kappa shape index (κ3) is 6.42. The summed E-state index contributed by atoms with van der Waals surface area (Å²) < 4.78 is 30.5. The maximum Gasteiger partial charge on any atom is 0.186 e. The number of aliphatic hydroxyl groups is 8. The van der Waals surface area contributed by atoms with E-state index in [1.165, 1.54) is 11.1 Å². The number of hydrogen-bond donors (Lipinski definition) is 8. The maximum atomic E-state index is 11.0. The highest BCUT2D eigenvalue weighted by Gasteiger charge is 2.65. The Labute approximate surface area is 306 Å². The summed E-state index contributed by atoms with van der Waals surface area (Å²) in [6.07, 6.45) is -4.28. The van der Waals surface area contributed by atoms with Gasteiger partial charge in [0.05, 0.1) is 37.3 Å². The number of allylic oxidation sites excluding steroid dienone is 2. The summed E-state index contributed by atoms with van der Waals surface area (Å²) in [6, 6.07) is 0. The molecule has 13 nitrogen and oxygen atoms in total. The molecule has 4 aliphatic carbocycles. The molecule has 2 saturated heterocycles. The van der Waals surface area contributed by atoms with E-state index in [2.05, 4.69) is 26.8 Å². The van der Waals surface area contributed by atoms with E-state index in [1.54, 1.807) is 6.92 Å². The van der Waals surface area contributed by atoms with Crippen LogP contribution in [0.1, 0.15) is 86.0 Å². The number of ether oxygens (including phenoxy) is 5. The van der Waals surface area contributed by atoms with E-state index in [1.807, 2.05) is 6.92 Å². The van der Waals surface area contributed by atoms with E-state index >= 15 is 0 Å². The van der Waals surface area contributed by atoms with Crippen molar-refractivity contribution < 1.29 is 64.5 Å². The predicted octanol–water partition coefficient (Wildman–Crippen LogP) is 1.26. The molecule has 52 heavy (non-hydrogen) atoms. The Morgan fingerprint density at radius 2 is 1.62 bits per heavy atom. The van der Waals surface area contributed by atoms with Crippen molar-refractivity contribution in [3.63, 3.8) is 0 Å². The highest BCUT2D eigenvalue weighted by Crippen LogP contribution is 2.69. The molecular weight excluding hydrogens is 676 g/mol. The Kier molecular flexibility index (Phi) is 11.0. The van der Waals surface area contributed by atoms with Crippen molar-refractivity contribution in [2.45, 2.75) is 166 Å². The lowest BCUT2D eigenvalue weighted by Gasteiger charge is -2.60. The van der Waals surface area contributed by atoms with Gasteiger partial charge < -0.3 is 64.5 Å². The van der Waals surface area contributed by atoms with Crippen molar-refractivity contribution in [1.82, 2.24) is 0 Å². The average molecular weight is 739 g/mol. The molecule has 3 heterocycles. The number of fused-ring (bicyclic) bond motifs is 7. The van der Waals surface area contributed by atoms with Gasteiger partial charge in [0.2, 0.25) is 0 Å². The van der Waals surface area contributed by atoms with Gasteiger partial charge >= 0.3 is 0 Å². The first-order valence-electron chi connectivity index (χ1n) is 19.6. The van der Waals surface area contributed by atoms with Gasteiger partial charge in [-0.2, -0.15) is 0 Å². The molecule has 0 bridgehead atoms. The van der Waals surface area contributed by atoms with Crippen LogP contribution in [-0.4, -0.2) is 134 Å². The molecule has 20 atom stereocenters. The Balaban J connectivity index is 1.01. The zero-order valence-corrected chi connectivity index (χ0v) is 31.2. The Morgan fingerprint density at radius 3 is 2.35 bits per heavy atom. The van der Waals surface area contributed by atoms with Crippen LogP contribution in [0.25, 0.3) is 0 Å². The first-order chi connectivity index (χ1) is 24.6. The summed E-state index contributed by atoms with van der Waals surface area (Å²) in [4.78, 5) is 0. The van der Waals surface area contributed by atoms with Crippen molar-refractivity contribution in [3.8, 4) is 0 Å². The predicted molar refractivity (Wildman–Crippen MR) is 185 cm³/mol. The lowest BCUT2D eigenvalue weighted by molar-refractivity contribution is -0.318. The second-order valence-corrected chi connectivity index (χ2v) is 17.7. The highest BCUT2D eigenvalue weighted by atomic mass is 16.7. The molecule has 0 amide bonds. The monoisotopic (exact) mass is 738 g/mol. The summed E-state index contributed by atoms with van der Waals surface area (Å²) in [6.45, 7) is 10.4. The second-order valence-electron chi connectivity index (χ2n) is 17.7. The van der Waals surface area contributed by atoms with E-state index in [9.17, 15) is 40.9 Å². The fraction of sp³-hybridized carbons (Fsp3) is 0.897. The molecule has 5 fully saturated rings. The zero-order chi connectivity index (χ0) is 37.4. The molecule has 13 heteroatoms. The first-order valence-corrected chi connectivity index (χ1v) is 19.6. The standard InChI is InChI=1S/C39H62O13/c1-17(16-48-36-34(46)33(45)31(43)27(15-40)51-36)6-9-25-18(2)29-26(50-25)14-24-22-8-7-20-12-21(41)13-28(39(20,5)23(22)10-11-38(24,29)4)52-37-35(47)32(44)30(42)19(3)49-37/h7,17,19,21-24,26-37,40-47H,6,8-16H2,1-5H3/t17-,19+,21+,22+,23-,24-,26-,27+,28+,29-,30-,31+,32-,33-,34+,35+,36+,37-,38-,39-/m0/s1. The van der Waals surface area contributed by atoms with Crippen LogP contribution in [0.15, 0.2) is 23.0 Å². The third-order valence-electron chi connectivity index (χ3n) is 14.7. The average Bonchev–Trinajstić information content (AvgIpc) is 3.60. The van der Waals surface area contributed by atoms with E-state index in [4.69, 9.17) is 23.7 Å². The van der Waals surface area contributed by atoms with Crippen LogP contribution in [0.3, 0.4) is 0 Å². The van der Waals surface area contributed by atoms with Crippen molar-refractivity contribution >= 4 is 0 Å². The molecule has 0 aromatic carbocycles. The second kappa shape index (κ2) is 14.7. The van der Waals surface area contributed by atoms with E-state index < -0.39 is 80.2 Å². The molecule has 8 N–H and O–H groups in total. The molecule has 0 aromatic heterocycles. The van der Waals surface area contributed by atoms with Gasteiger partial charge in [0.1, 0.15) is 48.8 Å². The van der Waals surface area contributed by atoms with Gasteiger partial charge in [0.25, 0.3) is 0 Å². The molecule has 296 valence electrons. The van der Waals surface area contributed by atoms with Gasteiger partial charge in [-0.15, -0.1) is 0 Å². The summed E-state index contributed by atoms with van der Waals surface area (Å²) in [5.41, 5.74) is 2.23. The SMILES string of the molecule is CC1=C(CC[C@H](C)CO[C@@H]2O[C@H](CO)[C@@H](O)[C@H](O)[C@H]2O)O[C@H]2C[C@H]3[C@@H]4CC=C5C[C@@H](O)C[C@@H](O[C@@H]6O[C@H](C)[C@H](O)[C@H](O)[C@H]6O)[C@]5(C)[C@H]4CC[C@]3(C)[C@@H]12. The number of hydrogen-bond acceptors (Lipinski definition) is 13. The molecule has 0 unspecified atom stereocenters. The smallest absolute Gasteiger partial charge is 0.186 e. The molecule has 0 spiro atoms. The van der Waals surface area contributed by atoms with Crippen LogP contribution >= 0.6 is 0 Å². The minimum atomic E-state index is -1.47. The fourth-order valence-electron chi connectivity index (χ4n) is 11.7. The minimum absolute atomic E-state index is 0.0695. The Hall–Kier alpha value is -1.20. The van der Waals surface area contributed by atoms with Crippen LogP contribution < -0.4 is 0 Å². The van der Waals surface area contributed by atoms with Crippen molar-refractivity contribution in [3.05, 3.63) is 23.0 Å². The van der Waals surface area contributed by atoms with Gasteiger partial charge in [-0.3, -0.25) is 0 Å². The fourth-order valence-corrected chi connectivity index (χ4v) is 11.7. The lowest BCUT2D eigenvalue weighted by Crippen LogP contribution is -2.61. The molecule has 3 aliphatic heterocycles. The zero-order valence-electron chi connectivity index (χ0n) is 31.2. The van der Waals surface area contributed by atoms with Crippen LogP contribution in [0.5, 0.6) is 0 Å². The first kappa shape index (κ1) is 39.1. The Bertz CT molecular complexity index is 1350. The van der Waals surface area contributed by atoms with Crippen LogP contribution in [0.4, 0.5) is 0 Å².